The summed E-state index contributed by atoms with van der Waals surface area (Å²) in [6, 6.07) is 25.6. The summed E-state index contributed by atoms with van der Waals surface area (Å²) in [5, 5.41) is 15.4. The molecule has 0 saturated heterocycles. The first-order valence-electron chi connectivity index (χ1n) is 13.8. The number of fused-ring (bicyclic) bond motifs is 1. The molecule has 0 aliphatic carbocycles. The average Bonchev–Trinajstić information content (AvgIpc) is 3.67. The second-order valence-corrected chi connectivity index (χ2v) is 11.7. The number of rotatable bonds is 10. The summed E-state index contributed by atoms with van der Waals surface area (Å²) in [6.07, 6.45) is 1.75. The number of aromatic nitrogens is 4. The summed E-state index contributed by atoms with van der Waals surface area (Å²) >= 11 is 2.42. The number of allylic oxidation sites excluding steroid dienone is 1. The molecular formula is C34H26FN5O3S2. The molecule has 0 atom stereocenters. The molecule has 1 N–H and O–H groups in total. The Bertz CT molecular complexity index is 2020. The van der Waals surface area contributed by atoms with Crippen LogP contribution in [0.2, 0.25) is 0 Å². The highest BCUT2D eigenvalue weighted by atomic mass is 32.2. The van der Waals surface area contributed by atoms with Crippen LogP contribution in [-0.2, 0) is 16.1 Å². The van der Waals surface area contributed by atoms with Gasteiger partial charge in [0.15, 0.2) is 11.0 Å². The molecule has 3 aromatic carbocycles. The van der Waals surface area contributed by atoms with Crippen LogP contribution in [0.3, 0.4) is 0 Å². The van der Waals surface area contributed by atoms with Gasteiger partial charge in [0, 0.05) is 34.0 Å². The molecule has 6 aromatic rings. The van der Waals surface area contributed by atoms with Gasteiger partial charge in [-0.05, 0) is 29.8 Å². The zero-order chi connectivity index (χ0) is 31.3. The lowest BCUT2D eigenvalue weighted by Gasteiger charge is -2.12. The number of hydrogen-bond donors (Lipinski definition) is 1. The summed E-state index contributed by atoms with van der Waals surface area (Å²) in [7, 11) is 1.27. The number of anilines is 1. The van der Waals surface area contributed by atoms with E-state index in [2.05, 4.69) is 22.1 Å². The number of pyridine rings is 1. The molecule has 45 heavy (non-hydrogen) atoms. The van der Waals surface area contributed by atoms with Crippen molar-refractivity contribution in [3.05, 3.63) is 114 Å². The molecule has 0 radical (unpaired) electrons. The lowest BCUT2D eigenvalue weighted by Crippen LogP contribution is -2.16. The minimum atomic E-state index is -0.603. The SMILES string of the molecule is C=CCn1c(SCC(=O)Nc2scc(-c3ccc(F)cc3)c2C(=O)OC)nnc1-c1cc(-c2ccccc2)nc2ccccc12. The maximum absolute atomic E-state index is 13.5. The number of halogens is 1. The van der Waals surface area contributed by atoms with Gasteiger partial charge in [0.05, 0.1) is 24.1 Å². The first-order valence-corrected chi connectivity index (χ1v) is 15.7. The number of thiophene rings is 1. The smallest absolute Gasteiger partial charge is 0.341 e. The molecule has 0 saturated carbocycles. The quantitative estimate of drug-likeness (QED) is 0.0934. The fourth-order valence-corrected chi connectivity index (χ4v) is 6.62. The van der Waals surface area contributed by atoms with Gasteiger partial charge in [-0.25, -0.2) is 14.2 Å². The van der Waals surface area contributed by atoms with E-state index in [1.54, 1.807) is 23.6 Å². The molecule has 0 fully saturated rings. The van der Waals surface area contributed by atoms with E-state index in [1.807, 2.05) is 65.2 Å². The molecule has 0 aliphatic rings. The molecule has 3 aromatic heterocycles. The van der Waals surface area contributed by atoms with E-state index < -0.39 is 5.97 Å². The van der Waals surface area contributed by atoms with Gasteiger partial charge in [-0.1, -0.05) is 78.5 Å². The highest BCUT2D eigenvalue weighted by Gasteiger charge is 2.23. The van der Waals surface area contributed by atoms with Crippen LogP contribution in [0.1, 0.15) is 10.4 Å². The minimum absolute atomic E-state index is 0.00598. The Hall–Kier alpha value is -5.13. The van der Waals surface area contributed by atoms with Gasteiger partial charge >= 0.3 is 5.97 Å². The molecule has 3 heterocycles. The molecule has 6 rings (SSSR count). The van der Waals surface area contributed by atoms with E-state index in [1.165, 1.54) is 42.3 Å². The van der Waals surface area contributed by atoms with Gasteiger partial charge in [0.2, 0.25) is 5.91 Å². The van der Waals surface area contributed by atoms with Crippen LogP contribution in [0.4, 0.5) is 9.39 Å². The number of nitrogens with zero attached hydrogens (tertiary/aromatic N) is 4. The van der Waals surface area contributed by atoms with Crippen molar-refractivity contribution in [2.75, 3.05) is 18.2 Å². The van der Waals surface area contributed by atoms with Crippen LogP contribution >= 0.6 is 23.1 Å². The van der Waals surface area contributed by atoms with Gasteiger partial charge in [-0.15, -0.1) is 28.1 Å². The largest absolute Gasteiger partial charge is 0.465 e. The number of methoxy groups -OCH3 is 1. The molecule has 8 nitrogen and oxygen atoms in total. The van der Waals surface area contributed by atoms with E-state index in [0.717, 1.165) is 27.7 Å². The van der Waals surface area contributed by atoms with Crippen LogP contribution in [0.15, 0.2) is 108 Å². The normalized spacial score (nSPS) is 11.0. The van der Waals surface area contributed by atoms with E-state index in [0.29, 0.717) is 33.7 Å². The van der Waals surface area contributed by atoms with E-state index >= 15 is 0 Å². The fourth-order valence-electron chi connectivity index (χ4n) is 4.89. The van der Waals surface area contributed by atoms with Gasteiger partial charge < -0.3 is 10.1 Å². The van der Waals surface area contributed by atoms with Gasteiger partial charge in [0.1, 0.15) is 16.4 Å². The monoisotopic (exact) mass is 635 g/mol. The number of nitrogens with one attached hydrogen (secondary N) is 1. The number of esters is 1. The Balaban J connectivity index is 1.27. The number of carbonyl (C=O) groups excluding carboxylic acids is 2. The van der Waals surface area contributed by atoms with Crippen LogP contribution in [0.25, 0.3) is 44.7 Å². The maximum Gasteiger partial charge on any atom is 0.341 e. The standard InChI is InChI=1S/C34H26FN5O3S2/c1-3-17-40-31(25-18-28(22-9-5-4-6-10-22)36-27-12-8-7-11-24(25)27)38-39-34(40)45-20-29(41)37-32-30(33(42)43-2)26(19-44-32)21-13-15-23(35)16-14-21/h3-16,18-19H,1,17,20H2,2H3,(H,37,41). The Labute approximate surface area is 266 Å². The Morgan fingerprint density at radius 2 is 1.76 bits per heavy atom. The van der Waals surface area contributed by atoms with Crippen molar-refractivity contribution in [2.45, 2.75) is 11.7 Å². The summed E-state index contributed by atoms with van der Waals surface area (Å²) in [5.41, 5.74) is 4.86. The molecule has 224 valence electrons. The molecule has 0 spiro atoms. The molecule has 0 aliphatic heterocycles. The van der Waals surface area contributed by atoms with Crippen LogP contribution in [0.5, 0.6) is 0 Å². The van der Waals surface area contributed by atoms with Crippen molar-refractivity contribution < 1.29 is 18.7 Å². The highest BCUT2D eigenvalue weighted by molar-refractivity contribution is 7.99. The zero-order valence-electron chi connectivity index (χ0n) is 24.1. The van der Waals surface area contributed by atoms with Gasteiger partial charge in [-0.3, -0.25) is 9.36 Å². The second kappa shape index (κ2) is 13.2. The third-order valence-corrected chi connectivity index (χ3v) is 8.84. The van der Waals surface area contributed by atoms with E-state index in [9.17, 15) is 14.0 Å². The molecular weight excluding hydrogens is 610 g/mol. The third kappa shape index (κ3) is 6.26. The average molecular weight is 636 g/mol. The Morgan fingerprint density at radius 3 is 2.51 bits per heavy atom. The zero-order valence-corrected chi connectivity index (χ0v) is 25.7. The summed E-state index contributed by atoms with van der Waals surface area (Å²) < 4.78 is 20.4. The van der Waals surface area contributed by atoms with Crippen LogP contribution in [-0.4, -0.2) is 44.5 Å². The predicted octanol–water partition coefficient (Wildman–Crippen LogP) is 7.73. The third-order valence-electron chi connectivity index (χ3n) is 6.98. The summed E-state index contributed by atoms with van der Waals surface area (Å²) in [6.45, 7) is 4.33. The number of thioether (sulfide) groups is 1. The number of para-hydroxylation sites is 1. The lowest BCUT2D eigenvalue weighted by atomic mass is 10.0. The number of benzene rings is 3. The first-order chi connectivity index (χ1) is 22.0. The van der Waals surface area contributed by atoms with Crippen LogP contribution in [0, 0.1) is 5.82 Å². The fraction of sp³-hybridized carbons (Fsp3) is 0.0882. The number of amides is 1. The summed E-state index contributed by atoms with van der Waals surface area (Å²) in [5.74, 6) is -0.697. The Kier molecular flexibility index (Phi) is 8.81. The van der Waals surface area contributed by atoms with Crippen molar-refractivity contribution in [3.8, 4) is 33.8 Å². The lowest BCUT2D eigenvalue weighted by molar-refractivity contribution is -0.113. The Morgan fingerprint density at radius 1 is 1.00 bits per heavy atom. The number of carbonyl (C=O) groups is 2. The molecule has 11 heteroatoms. The van der Waals surface area contributed by atoms with Crippen molar-refractivity contribution in [3.63, 3.8) is 0 Å². The minimum Gasteiger partial charge on any atom is -0.465 e. The van der Waals surface area contributed by atoms with Crippen molar-refractivity contribution >= 4 is 50.9 Å². The van der Waals surface area contributed by atoms with Crippen LogP contribution < -0.4 is 5.32 Å². The van der Waals surface area contributed by atoms with Gasteiger partial charge in [0.25, 0.3) is 0 Å². The van der Waals surface area contributed by atoms with Crippen molar-refractivity contribution in [1.82, 2.24) is 19.7 Å². The molecule has 0 unspecified atom stereocenters. The number of ether oxygens (including phenoxy) is 1. The van der Waals surface area contributed by atoms with E-state index in [-0.39, 0.29) is 23.0 Å². The second-order valence-electron chi connectivity index (χ2n) is 9.83. The summed E-state index contributed by atoms with van der Waals surface area (Å²) in [4.78, 5) is 30.7. The molecule has 1 amide bonds. The topological polar surface area (TPSA) is 99.0 Å². The van der Waals surface area contributed by atoms with Crippen molar-refractivity contribution in [1.29, 1.82) is 0 Å². The molecule has 0 bridgehead atoms. The predicted molar refractivity (Wildman–Crippen MR) is 177 cm³/mol. The van der Waals surface area contributed by atoms with Crippen molar-refractivity contribution in [2.24, 2.45) is 0 Å². The maximum atomic E-state index is 13.5. The van der Waals surface area contributed by atoms with Gasteiger partial charge in [-0.2, -0.15) is 0 Å². The number of hydrogen-bond acceptors (Lipinski definition) is 8. The first kappa shape index (κ1) is 29.9. The van der Waals surface area contributed by atoms with E-state index in [4.69, 9.17) is 9.72 Å². The highest BCUT2D eigenvalue weighted by Crippen LogP contribution is 2.37.